The van der Waals surface area contributed by atoms with Gasteiger partial charge in [-0.2, -0.15) is 0 Å². The van der Waals surface area contributed by atoms with Crippen LogP contribution in [0, 0.1) is 0 Å². The zero-order valence-corrected chi connectivity index (χ0v) is 14.9. The minimum absolute atomic E-state index is 0.0780. The molecular formula is C21H20N4O2. The van der Waals surface area contributed by atoms with Gasteiger partial charge in [0.15, 0.2) is 0 Å². The summed E-state index contributed by atoms with van der Waals surface area (Å²) in [5.74, 6) is 0. The molecule has 1 atom stereocenters. The predicted octanol–water partition coefficient (Wildman–Crippen LogP) is 3.56. The Morgan fingerprint density at radius 3 is 2.81 bits per heavy atom. The van der Waals surface area contributed by atoms with Crippen LogP contribution in [-0.2, 0) is 11.3 Å². The first kappa shape index (κ1) is 16.2. The number of ether oxygens (including phenoxy) is 1. The Bertz CT molecular complexity index is 1030. The summed E-state index contributed by atoms with van der Waals surface area (Å²) in [6.07, 6.45) is 5.45. The summed E-state index contributed by atoms with van der Waals surface area (Å²) in [5.41, 5.74) is 5.34. The number of benzene rings is 1. The number of hydrogen-bond acceptors (Lipinski definition) is 5. The maximum absolute atomic E-state index is 6.01. The van der Waals surface area contributed by atoms with Crippen LogP contribution >= 0.6 is 0 Å². The molecule has 0 radical (unpaired) electrons. The lowest BCUT2D eigenvalue weighted by Crippen LogP contribution is -2.37. The number of rotatable bonds is 4. The average molecular weight is 360 g/mol. The molecule has 0 saturated carbocycles. The van der Waals surface area contributed by atoms with Crippen molar-refractivity contribution >= 4 is 5.52 Å². The average Bonchev–Trinajstić information content (AvgIpc) is 3.38. The van der Waals surface area contributed by atoms with Gasteiger partial charge in [-0.15, -0.1) is 5.10 Å². The normalized spacial score (nSPS) is 18.1. The largest absolute Gasteiger partial charge is 0.472 e. The molecular weight excluding hydrogens is 340 g/mol. The lowest BCUT2D eigenvalue weighted by molar-refractivity contribution is -0.0343. The second kappa shape index (κ2) is 6.98. The molecule has 1 aromatic carbocycles. The van der Waals surface area contributed by atoms with Crippen LogP contribution in [0.5, 0.6) is 0 Å². The molecule has 4 aromatic rings. The summed E-state index contributed by atoms with van der Waals surface area (Å²) in [7, 11) is 0. The van der Waals surface area contributed by atoms with Crippen molar-refractivity contribution in [2.24, 2.45) is 0 Å². The first-order chi connectivity index (χ1) is 13.4. The molecule has 0 spiro atoms. The second-order valence-corrected chi connectivity index (χ2v) is 6.81. The van der Waals surface area contributed by atoms with Crippen LogP contribution in [0.2, 0.25) is 0 Å². The fourth-order valence-corrected chi connectivity index (χ4v) is 3.60. The molecule has 0 N–H and O–H groups in total. The van der Waals surface area contributed by atoms with Crippen molar-refractivity contribution in [3.05, 3.63) is 78.5 Å². The number of furan rings is 1. The molecule has 0 amide bonds. The van der Waals surface area contributed by atoms with Crippen molar-refractivity contribution in [3.63, 3.8) is 0 Å². The van der Waals surface area contributed by atoms with Crippen LogP contribution in [0.15, 0.2) is 71.7 Å². The van der Waals surface area contributed by atoms with Gasteiger partial charge in [0.25, 0.3) is 0 Å². The van der Waals surface area contributed by atoms with Gasteiger partial charge in [0.2, 0.25) is 0 Å². The summed E-state index contributed by atoms with van der Waals surface area (Å²) < 4.78 is 13.0. The summed E-state index contributed by atoms with van der Waals surface area (Å²) in [6, 6.07) is 16.5. The van der Waals surface area contributed by atoms with E-state index in [1.807, 2.05) is 35.0 Å². The van der Waals surface area contributed by atoms with Gasteiger partial charge in [-0.3, -0.25) is 4.90 Å². The van der Waals surface area contributed by atoms with E-state index < -0.39 is 0 Å². The fraction of sp³-hybridized carbons (Fsp3) is 0.238. The van der Waals surface area contributed by atoms with Gasteiger partial charge in [0.05, 0.1) is 24.6 Å². The Hall–Kier alpha value is -2.96. The molecule has 1 unspecified atom stereocenters. The van der Waals surface area contributed by atoms with Crippen LogP contribution in [0.1, 0.15) is 17.4 Å². The van der Waals surface area contributed by atoms with Gasteiger partial charge in [-0.25, -0.2) is 4.52 Å². The maximum atomic E-state index is 6.01. The molecule has 1 aliphatic heterocycles. The van der Waals surface area contributed by atoms with Crippen molar-refractivity contribution in [3.8, 4) is 11.1 Å². The van der Waals surface area contributed by atoms with Gasteiger partial charge in [-0.05, 0) is 17.7 Å². The van der Waals surface area contributed by atoms with E-state index in [4.69, 9.17) is 9.15 Å². The lowest BCUT2D eigenvalue weighted by atomic mass is 10.1. The number of hydrogen-bond donors (Lipinski definition) is 0. The maximum Gasteiger partial charge on any atom is 0.121 e. The Morgan fingerprint density at radius 2 is 1.96 bits per heavy atom. The van der Waals surface area contributed by atoms with Gasteiger partial charge in [0, 0.05) is 37.0 Å². The molecule has 0 aliphatic carbocycles. The zero-order valence-electron chi connectivity index (χ0n) is 14.9. The van der Waals surface area contributed by atoms with E-state index in [2.05, 4.69) is 39.5 Å². The Morgan fingerprint density at radius 1 is 1.04 bits per heavy atom. The third kappa shape index (κ3) is 3.25. The van der Waals surface area contributed by atoms with Crippen LogP contribution < -0.4 is 0 Å². The van der Waals surface area contributed by atoms with Crippen molar-refractivity contribution in [1.29, 1.82) is 0 Å². The molecule has 6 heteroatoms. The number of nitrogens with zero attached hydrogens (tertiary/aromatic N) is 4. The molecule has 3 aromatic heterocycles. The topological polar surface area (TPSA) is 55.8 Å². The minimum atomic E-state index is -0.0780. The highest BCUT2D eigenvalue weighted by Crippen LogP contribution is 2.27. The molecule has 136 valence electrons. The van der Waals surface area contributed by atoms with Crippen molar-refractivity contribution in [2.75, 3.05) is 19.7 Å². The van der Waals surface area contributed by atoms with Gasteiger partial charge in [-0.1, -0.05) is 41.6 Å². The van der Waals surface area contributed by atoms with E-state index in [0.29, 0.717) is 6.61 Å². The van der Waals surface area contributed by atoms with Gasteiger partial charge in [0.1, 0.15) is 11.8 Å². The molecule has 27 heavy (non-hydrogen) atoms. The highest BCUT2D eigenvalue weighted by atomic mass is 16.5. The number of pyridine rings is 1. The first-order valence-electron chi connectivity index (χ1n) is 9.12. The standard InChI is InChI=1S/C21H20N4O2/c1-2-4-17(5-3-1)18-6-7-19-21(22-23-25(19)13-18)20-14-24(9-11-27-20)12-16-8-10-26-15-16/h1-8,10,13,15,20H,9,11-12,14H2. The summed E-state index contributed by atoms with van der Waals surface area (Å²) >= 11 is 0. The van der Waals surface area contributed by atoms with Crippen LogP contribution in [-0.4, -0.2) is 39.4 Å². The molecule has 1 fully saturated rings. The molecule has 4 heterocycles. The molecule has 1 saturated heterocycles. The predicted molar refractivity (Wildman–Crippen MR) is 101 cm³/mol. The third-order valence-corrected chi connectivity index (χ3v) is 4.99. The highest BCUT2D eigenvalue weighted by Gasteiger charge is 2.26. The highest BCUT2D eigenvalue weighted by molar-refractivity contribution is 5.66. The SMILES string of the molecule is c1ccc(-c2ccc3c(C4CN(Cc5ccoc5)CCO4)nnn3c2)cc1. The van der Waals surface area contributed by atoms with E-state index in [-0.39, 0.29) is 6.10 Å². The van der Waals surface area contributed by atoms with E-state index in [1.54, 1.807) is 12.5 Å². The van der Waals surface area contributed by atoms with E-state index in [9.17, 15) is 0 Å². The summed E-state index contributed by atoms with van der Waals surface area (Å²) in [5, 5.41) is 8.76. The molecule has 0 bridgehead atoms. The smallest absolute Gasteiger partial charge is 0.121 e. The van der Waals surface area contributed by atoms with Crippen LogP contribution in [0.3, 0.4) is 0 Å². The quantitative estimate of drug-likeness (QED) is 0.557. The third-order valence-electron chi connectivity index (χ3n) is 4.99. The first-order valence-corrected chi connectivity index (χ1v) is 9.12. The van der Waals surface area contributed by atoms with Gasteiger partial charge < -0.3 is 9.15 Å². The molecule has 6 nitrogen and oxygen atoms in total. The second-order valence-electron chi connectivity index (χ2n) is 6.81. The zero-order chi connectivity index (χ0) is 18.1. The minimum Gasteiger partial charge on any atom is -0.472 e. The fourth-order valence-electron chi connectivity index (χ4n) is 3.60. The Kier molecular flexibility index (Phi) is 4.20. The van der Waals surface area contributed by atoms with Crippen molar-refractivity contribution < 1.29 is 9.15 Å². The summed E-state index contributed by atoms with van der Waals surface area (Å²) in [4.78, 5) is 2.36. The lowest BCUT2D eigenvalue weighted by Gasteiger charge is -2.31. The van der Waals surface area contributed by atoms with Crippen LogP contribution in [0.4, 0.5) is 0 Å². The van der Waals surface area contributed by atoms with Gasteiger partial charge >= 0.3 is 0 Å². The number of aromatic nitrogens is 3. The summed E-state index contributed by atoms with van der Waals surface area (Å²) in [6.45, 7) is 3.23. The Labute approximate surface area is 157 Å². The number of fused-ring (bicyclic) bond motifs is 1. The van der Waals surface area contributed by atoms with Crippen molar-refractivity contribution in [2.45, 2.75) is 12.6 Å². The van der Waals surface area contributed by atoms with E-state index in [1.165, 1.54) is 5.56 Å². The van der Waals surface area contributed by atoms with Crippen LogP contribution in [0.25, 0.3) is 16.6 Å². The molecule has 1 aliphatic rings. The Balaban J connectivity index is 1.39. The molecule has 5 rings (SSSR count). The van der Waals surface area contributed by atoms with E-state index >= 15 is 0 Å². The van der Waals surface area contributed by atoms with E-state index in [0.717, 1.165) is 42.0 Å². The monoisotopic (exact) mass is 360 g/mol. The van der Waals surface area contributed by atoms with Crippen molar-refractivity contribution in [1.82, 2.24) is 19.7 Å². The number of morpholine rings is 1.